The molecule has 1 aliphatic heterocycles. The Hall–Kier alpha value is -4.25. The molecule has 2 aromatic carbocycles. The molecule has 7 heteroatoms. The van der Waals surface area contributed by atoms with Crippen LogP contribution < -0.4 is 10.9 Å². The lowest BCUT2D eigenvalue weighted by Crippen LogP contribution is -2.43. The maximum atomic E-state index is 13.1. The monoisotopic (exact) mass is 505 g/mol. The van der Waals surface area contributed by atoms with E-state index in [1.54, 1.807) is 12.3 Å². The standard InChI is InChI=1S/C31H31N5O2/c1-21-4-6-26(18-24(21)7-5-23-17-25-9-11-29(37)34-30(25)32-19-23)31(38)33-28-10-8-27(22(2)16-28)20-36-14-12-35(3)13-15-36/h4,6,8-11,16-19H,12-15,20H2,1-3H3,(H,33,38)(H,32,34,37). The summed E-state index contributed by atoms with van der Waals surface area (Å²) in [6.45, 7) is 9.33. The normalized spacial score (nSPS) is 14.2. The molecule has 38 heavy (non-hydrogen) atoms. The van der Waals surface area contributed by atoms with E-state index in [4.69, 9.17) is 0 Å². The maximum Gasteiger partial charge on any atom is 0.255 e. The Balaban J connectivity index is 1.28. The highest BCUT2D eigenvalue weighted by atomic mass is 16.1. The number of rotatable bonds is 4. The maximum absolute atomic E-state index is 13.1. The number of benzene rings is 2. The second-order valence-corrected chi connectivity index (χ2v) is 9.94. The number of nitrogens with one attached hydrogen (secondary N) is 2. The van der Waals surface area contributed by atoms with Crippen molar-refractivity contribution >= 4 is 22.6 Å². The summed E-state index contributed by atoms with van der Waals surface area (Å²) in [7, 11) is 2.16. The van der Waals surface area contributed by atoms with Gasteiger partial charge in [-0.2, -0.15) is 0 Å². The van der Waals surface area contributed by atoms with Crippen molar-refractivity contribution in [1.29, 1.82) is 0 Å². The summed E-state index contributed by atoms with van der Waals surface area (Å²) in [5.41, 5.74) is 6.61. The zero-order valence-corrected chi connectivity index (χ0v) is 22.0. The van der Waals surface area contributed by atoms with Gasteiger partial charge in [0.05, 0.1) is 0 Å². The minimum absolute atomic E-state index is 0.171. The minimum Gasteiger partial charge on any atom is -0.322 e. The van der Waals surface area contributed by atoms with E-state index in [9.17, 15) is 9.59 Å². The molecule has 192 valence electrons. The molecule has 0 saturated carbocycles. The van der Waals surface area contributed by atoms with Crippen LogP contribution in [0.3, 0.4) is 0 Å². The summed E-state index contributed by atoms with van der Waals surface area (Å²) in [6.07, 6.45) is 1.63. The SMILES string of the molecule is Cc1ccc(C(=O)Nc2ccc(CN3CCN(C)CC3)c(C)c2)cc1C#Cc1cnc2[nH]c(=O)ccc2c1. The van der Waals surface area contributed by atoms with Gasteiger partial charge < -0.3 is 15.2 Å². The van der Waals surface area contributed by atoms with Crippen LogP contribution >= 0.6 is 0 Å². The summed E-state index contributed by atoms with van der Waals surface area (Å²) in [5, 5.41) is 3.85. The molecular weight excluding hydrogens is 474 g/mol. The first-order valence-electron chi connectivity index (χ1n) is 12.8. The zero-order valence-electron chi connectivity index (χ0n) is 22.0. The van der Waals surface area contributed by atoms with Crippen LogP contribution in [0.5, 0.6) is 0 Å². The Morgan fingerprint density at radius 3 is 2.58 bits per heavy atom. The second kappa shape index (κ2) is 11.0. The highest BCUT2D eigenvalue weighted by molar-refractivity contribution is 6.04. The predicted octanol–water partition coefficient (Wildman–Crippen LogP) is 3.94. The van der Waals surface area contributed by atoms with Crippen LogP contribution in [0.2, 0.25) is 0 Å². The molecule has 2 N–H and O–H groups in total. The zero-order chi connectivity index (χ0) is 26.6. The molecule has 0 spiro atoms. The number of anilines is 1. The fourth-order valence-corrected chi connectivity index (χ4v) is 4.54. The lowest BCUT2D eigenvalue weighted by atomic mass is 10.0. The summed E-state index contributed by atoms with van der Waals surface area (Å²) in [4.78, 5) is 36.4. The number of fused-ring (bicyclic) bond motifs is 1. The number of hydrogen-bond acceptors (Lipinski definition) is 5. The molecule has 1 fully saturated rings. The molecule has 0 unspecified atom stereocenters. The van der Waals surface area contributed by atoms with Crippen molar-refractivity contribution in [2.75, 3.05) is 38.5 Å². The Morgan fingerprint density at radius 1 is 0.974 bits per heavy atom. The number of H-pyrrole nitrogens is 1. The first kappa shape index (κ1) is 25.4. The van der Waals surface area contributed by atoms with E-state index in [2.05, 4.69) is 57.0 Å². The Bertz CT molecular complexity index is 1620. The van der Waals surface area contributed by atoms with Gasteiger partial charge in [-0.05, 0) is 74.0 Å². The minimum atomic E-state index is -0.189. The van der Waals surface area contributed by atoms with Gasteiger partial charge in [-0.15, -0.1) is 0 Å². The summed E-state index contributed by atoms with van der Waals surface area (Å²) in [5.74, 6) is 6.13. The van der Waals surface area contributed by atoms with Gasteiger partial charge in [0.25, 0.3) is 5.91 Å². The molecule has 0 bridgehead atoms. The quantitative estimate of drug-likeness (QED) is 0.411. The summed E-state index contributed by atoms with van der Waals surface area (Å²) < 4.78 is 0. The van der Waals surface area contributed by atoms with Gasteiger partial charge in [0.1, 0.15) is 5.65 Å². The highest BCUT2D eigenvalue weighted by Crippen LogP contribution is 2.19. The fourth-order valence-electron chi connectivity index (χ4n) is 4.54. The topological polar surface area (TPSA) is 81.3 Å². The number of pyridine rings is 2. The largest absolute Gasteiger partial charge is 0.322 e. The van der Waals surface area contributed by atoms with Crippen LogP contribution in [0.25, 0.3) is 11.0 Å². The number of aromatic amines is 1. The lowest BCUT2D eigenvalue weighted by molar-refractivity contribution is 0.102. The average Bonchev–Trinajstić information content (AvgIpc) is 2.91. The molecule has 2 aromatic heterocycles. The van der Waals surface area contributed by atoms with Gasteiger partial charge in [0.15, 0.2) is 0 Å². The molecule has 0 radical (unpaired) electrons. The first-order valence-corrected chi connectivity index (χ1v) is 12.8. The summed E-state index contributed by atoms with van der Waals surface area (Å²) >= 11 is 0. The summed E-state index contributed by atoms with van der Waals surface area (Å²) in [6, 6.07) is 16.8. The molecule has 4 aromatic rings. The van der Waals surface area contributed by atoms with Crippen molar-refractivity contribution in [3.05, 3.63) is 105 Å². The van der Waals surface area contributed by atoms with Crippen molar-refractivity contribution in [3.8, 4) is 11.8 Å². The third-order valence-electron chi connectivity index (χ3n) is 7.00. The number of aromatic nitrogens is 2. The van der Waals surface area contributed by atoms with E-state index in [-0.39, 0.29) is 11.5 Å². The van der Waals surface area contributed by atoms with E-state index in [1.165, 1.54) is 17.2 Å². The number of piperazine rings is 1. The predicted molar refractivity (Wildman–Crippen MR) is 151 cm³/mol. The number of hydrogen-bond donors (Lipinski definition) is 2. The molecule has 0 atom stereocenters. The van der Waals surface area contributed by atoms with Gasteiger partial charge in [-0.3, -0.25) is 14.5 Å². The van der Waals surface area contributed by atoms with Gasteiger partial charge >= 0.3 is 0 Å². The highest BCUT2D eigenvalue weighted by Gasteiger charge is 2.15. The number of amides is 1. The van der Waals surface area contributed by atoms with E-state index >= 15 is 0 Å². The van der Waals surface area contributed by atoms with Crippen LogP contribution in [0.15, 0.2) is 65.6 Å². The molecular formula is C31H31N5O2. The number of likely N-dealkylation sites (N-methyl/N-ethyl adjacent to an activating group) is 1. The van der Waals surface area contributed by atoms with Crippen LogP contribution in [0.4, 0.5) is 5.69 Å². The number of carbonyl (C=O) groups is 1. The Morgan fingerprint density at radius 2 is 1.79 bits per heavy atom. The van der Waals surface area contributed by atoms with Crippen LogP contribution in [0.1, 0.15) is 38.2 Å². The van der Waals surface area contributed by atoms with E-state index in [0.717, 1.165) is 60.5 Å². The lowest BCUT2D eigenvalue weighted by Gasteiger charge is -2.32. The van der Waals surface area contributed by atoms with Gasteiger partial charge in [-0.25, -0.2) is 4.98 Å². The van der Waals surface area contributed by atoms with Gasteiger partial charge in [-0.1, -0.05) is 24.0 Å². The van der Waals surface area contributed by atoms with Gasteiger partial charge in [0, 0.05) is 72.8 Å². The third-order valence-corrected chi connectivity index (χ3v) is 7.00. The van der Waals surface area contributed by atoms with Crippen molar-refractivity contribution in [1.82, 2.24) is 19.8 Å². The van der Waals surface area contributed by atoms with Gasteiger partial charge in [0.2, 0.25) is 5.56 Å². The van der Waals surface area contributed by atoms with E-state index in [1.807, 2.05) is 43.3 Å². The van der Waals surface area contributed by atoms with Crippen LogP contribution in [0, 0.1) is 25.7 Å². The molecule has 5 rings (SSSR count). The second-order valence-electron chi connectivity index (χ2n) is 9.94. The average molecular weight is 506 g/mol. The fraction of sp³-hybridized carbons (Fsp3) is 0.258. The first-order chi connectivity index (χ1) is 18.3. The molecule has 3 heterocycles. The smallest absolute Gasteiger partial charge is 0.255 e. The van der Waals surface area contributed by atoms with Crippen molar-refractivity contribution in [2.24, 2.45) is 0 Å². The van der Waals surface area contributed by atoms with E-state index < -0.39 is 0 Å². The molecule has 7 nitrogen and oxygen atoms in total. The third kappa shape index (κ3) is 6.00. The molecule has 0 aliphatic carbocycles. The van der Waals surface area contributed by atoms with Crippen LogP contribution in [-0.4, -0.2) is 58.9 Å². The molecule has 1 amide bonds. The molecule has 1 saturated heterocycles. The number of aryl methyl sites for hydroxylation is 2. The Kier molecular flexibility index (Phi) is 7.36. The number of carbonyl (C=O) groups excluding carboxylic acids is 1. The van der Waals surface area contributed by atoms with Crippen molar-refractivity contribution < 1.29 is 4.79 Å². The van der Waals surface area contributed by atoms with Crippen molar-refractivity contribution in [3.63, 3.8) is 0 Å². The van der Waals surface area contributed by atoms with Crippen molar-refractivity contribution in [2.45, 2.75) is 20.4 Å². The van der Waals surface area contributed by atoms with Crippen LogP contribution in [-0.2, 0) is 6.54 Å². The Labute approximate surface area is 222 Å². The number of nitrogens with zero attached hydrogens (tertiary/aromatic N) is 3. The molecule has 1 aliphatic rings. The van der Waals surface area contributed by atoms with E-state index in [0.29, 0.717) is 11.2 Å².